The first-order valence-electron chi connectivity index (χ1n) is 11.7. The third-order valence-corrected chi connectivity index (χ3v) is 8.29. The minimum Gasteiger partial charge on any atom is -0.477 e. The summed E-state index contributed by atoms with van der Waals surface area (Å²) in [7, 11) is 1.61. The average Bonchev–Trinajstić information content (AvgIpc) is 3.18. The van der Waals surface area contributed by atoms with Gasteiger partial charge in [0.05, 0.1) is 25.4 Å². The maximum atomic E-state index is 12.3. The number of carboxylic acids is 1. The summed E-state index contributed by atoms with van der Waals surface area (Å²) >= 11 is 1.61. The van der Waals surface area contributed by atoms with E-state index < -0.39 is 11.5 Å². The molecule has 5 rings (SSSR count). The van der Waals surface area contributed by atoms with Gasteiger partial charge in [0.15, 0.2) is 11.8 Å². The van der Waals surface area contributed by atoms with Crippen LogP contribution in [0.3, 0.4) is 0 Å². The first kappa shape index (κ1) is 24.0. The van der Waals surface area contributed by atoms with Gasteiger partial charge in [0.1, 0.15) is 16.1 Å². The molecular weight excluding hydrogens is 474 g/mol. The van der Waals surface area contributed by atoms with Crippen molar-refractivity contribution in [1.29, 1.82) is 0 Å². The maximum absolute atomic E-state index is 12.3. The zero-order chi connectivity index (χ0) is 24.8. The highest BCUT2D eigenvalue weighted by Gasteiger charge is 2.63. The molecule has 2 fully saturated rings. The molecule has 35 heavy (non-hydrogen) atoms. The number of hydrogen-bond donors (Lipinski definition) is 2. The van der Waals surface area contributed by atoms with Gasteiger partial charge in [0.2, 0.25) is 0 Å². The lowest BCUT2D eigenvalue weighted by Crippen LogP contribution is -2.39. The second-order valence-corrected chi connectivity index (χ2v) is 10.9. The third kappa shape index (κ3) is 4.28. The van der Waals surface area contributed by atoms with E-state index in [2.05, 4.69) is 30.4 Å². The van der Waals surface area contributed by atoms with Crippen molar-refractivity contribution < 1.29 is 33.7 Å². The van der Waals surface area contributed by atoms with Crippen LogP contribution in [0, 0.1) is 5.92 Å². The first-order chi connectivity index (χ1) is 16.8. The molecular formula is C24H29N3O7S. The van der Waals surface area contributed by atoms with Crippen molar-refractivity contribution >= 4 is 39.3 Å². The van der Waals surface area contributed by atoms with Crippen LogP contribution in [-0.2, 0) is 29.4 Å². The van der Waals surface area contributed by atoms with Gasteiger partial charge in [0.25, 0.3) is 0 Å². The van der Waals surface area contributed by atoms with Gasteiger partial charge >= 0.3 is 11.9 Å². The van der Waals surface area contributed by atoms with E-state index in [4.69, 9.17) is 19.0 Å². The Hall–Kier alpha value is -2.69. The zero-order valence-electron chi connectivity index (χ0n) is 20.0. The molecule has 0 aromatic carbocycles. The van der Waals surface area contributed by atoms with Crippen molar-refractivity contribution in [1.82, 2.24) is 10.0 Å². The van der Waals surface area contributed by atoms with Gasteiger partial charge in [-0.05, 0) is 51.2 Å². The summed E-state index contributed by atoms with van der Waals surface area (Å²) in [5.74, 6) is 1.08. The van der Waals surface area contributed by atoms with Gasteiger partial charge in [0, 0.05) is 29.9 Å². The van der Waals surface area contributed by atoms with Gasteiger partial charge in [-0.2, -0.15) is 4.99 Å². The maximum Gasteiger partial charge on any atom is 0.352 e. The number of nitrogens with one attached hydrogen (secondary N) is 1. The normalized spacial score (nSPS) is 27.3. The smallest absolute Gasteiger partial charge is 0.352 e. The fourth-order valence-corrected chi connectivity index (χ4v) is 6.63. The number of carboxylic acid groups (broad SMARTS) is 1. The molecule has 10 nitrogen and oxygen atoms in total. The molecule has 0 radical (unpaired) electrons. The van der Waals surface area contributed by atoms with Crippen LogP contribution in [0.25, 0.3) is 10.2 Å². The Labute approximate surface area is 206 Å². The molecule has 3 atom stereocenters. The minimum atomic E-state index is -1.03. The first-order valence-corrected chi connectivity index (χ1v) is 12.5. The van der Waals surface area contributed by atoms with Crippen molar-refractivity contribution in [2.45, 2.75) is 50.2 Å². The van der Waals surface area contributed by atoms with Crippen molar-refractivity contribution in [2.24, 2.45) is 10.9 Å². The van der Waals surface area contributed by atoms with E-state index in [1.54, 1.807) is 30.5 Å². The summed E-state index contributed by atoms with van der Waals surface area (Å²) in [5.41, 5.74) is 1.87. The number of amidine groups is 1. The summed E-state index contributed by atoms with van der Waals surface area (Å²) in [6.07, 6.45) is 2.41. The summed E-state index contributed by atoms with van der Waals surface area (Å²) < 4.78 is 18.6. The molecule has 1 saturated carbocycles. The molecule has 0 amide bonds. The van der Waals surface area contributed by atoms with E-state index in [1.165, 1.54) is 4.88 Å². The van der Waals surface area contributed by atoms with E-state index in [9.17, 15) is 14.7 Å². The van der Waals surface area contributed by atoms with Crippen LogP contribution in [0.4, 0.5) is 0 Å². The number of rotatable bonds is 9. The number of hydrogen-bond acceptors (Lipinski definition) is 9. The number of aliphatic imine (C=N–C) groups is 1. The van der Waals surface area contributed by atoms with Crippen LogP contribution in [0.15, 0.2) is 23.0 Å². The zero-order valence-corrected chi connectivity index (χ0v) is 20.8. The molecule has 3 aliphatic rings. The lowest BCUT2D eigenvalue weighted by molar-refractivity contribution is -0.0588. The van der Waals surface area contributed by atoms with Crippen molar-refractivity contribution in [3.05, 3.63) is 28.6 Å². The van der Waals surface area contributed by atoms with Gasteiger partial charge in [-0.15, -0.1) is 11.3 Å². The van der Waals surface area contributed by atoms with Crippen LogP contribution in [0.1, 0.15) is 54.4 Å². The monoisotopic (exact) mass is 503 g/mol. The number of carbonyl (C=O) groups is 1. The number of hydroxylamine groups is 1. The molecule has 11 heteroatoms. The quantitative estimate of drug-likeness (QED) is 0.396. The van der Waals surface area contributed by atoms with Crippen molar-refractivity contribution in [3.8, 4) is 0 Å². The SMILES string of the molecule is COCCOC[C@H]1C[C@]1(C1=NC(=C=O)ON1)n1c(C(=O)O)cc2cc([C@H]3CCOC(C)(C)C3)sc21. The minimum absolute atomic E-state index is 0.0681. The molecule has 0 spiro atoms. The number of aromatic carboxylic acids is 1. The van der Waals surface area contributed by atoms with Crippen LogP contribution >= 0.6 is 11.3 Å². The average molecular weight is 504 g/mol. The lowest BCUT2D eigenvalue weighted by Gasteiger charge is -2.35. The van der Waals surface area contributed by atoms with Gasteiger partial charge in [-0.3, -0.25) is 0 Å². The summed E-state index contributed by atoms with van der Waals surface area (Å²) in [6.45, 7) is 6.17. The Bertz CT molecular complexity index is 1230. The van der Waals surface area contributed by atoms with Crippen LogP contribution in [0.5, 0.6) is 0 Å². The highest BCUT2D eigenvalue weighted by atomic mass is 32.1. The Morgan fingerprint density at radius 3 is 2.89 bits per heavy atom. The van der Waals surface area contributed by atoms with E-state index in [0.717, 1.165) is 23.1 Å². The highest BCUT2D eigenvalue weighted by molar-refractivity contribution is 7.18. The number of nitrogens with zero attached hydrogens (tertiary/aromatic N) is 2. The van der Waals surface area contributed by atoms with Gasteiger partial charge in [-0.25, -0.2) is 15.1 Å². The molecule has 2 N–H and O–H groups in total. The second-order valence-electron chi connectivity index (χ2n) is 9.84. The largest absolute Gasteiger partial charge is 0.477 e. The molecule has 1 aliphatic carbocycles. The number of methoxy groups -OCH3 is 1. The predicted molar refractivity (Wildman–Crippen MR) is 128 cm³/mol. The summed E-state index contributed by atoms with van der Waals surface area (Å²) in [5, 5.41) is 11.0. The van der Waals surface area contributed by atoms with E-state index >= 15 is 0 Å². The highest BCUT2D eigenvalue weighted by Crippen LogP contribution is 2.55. The predicted octanol–water partition coefficient (Wildman–Crippen LogP) is 3.06. The molecule has 2 aromatic rings. The Morgan fingerprint density at radius 1 is 1.37 bits per heavy atom. The van der Waals surface area contributed by atoms with Crippen molar-refractivity contribution in [2.75, 3.05) is 33.5 Å². The molecule has 4 heterocycles. The fraction of sp³-hybridized carbons (Fsp3) is 0.583. The van der Waals surface area contributed by atoms with E-state index in [-0.39, 0.29) is 23.1 Å². The summed E-state index contributed by atoms with van der Waals surface area (Å²) in [6, 6.07) is 3.82. The Balaban J connectivity index is 1.57. The molecule has 0 bridgehead atoms. The Kier molecular flexibility index (Phi) is 6.23. The molecule has 2 aromatic heterocycles. The number of carbonyl (C=O) groups excluding carboxylic acids is 1. The van der Waals surface area contributed by atoms with Crippen LogP contribution in [-0.4, -0.2) is 66.6 Å². The van der Waals surface area contributed by atoms with Crippen LogP contribution < -0.4 is 5.48 Å². The van der Waals surface area contributed by atoms with Crippen LogP contribution in [0.2, 0.25) is 0 Å². The topological polar surface area (TPSA) is 121 Å². The number of ether oxygens (including phenoxy) is 3. The Morgan fingerprint density at radius 2 is 2.20 bits per heavy atom. The third-order valence-electron chi connectivity index (χ3n) is 6.99. The fourth-order valence-electron chi connectivity index (χ4n) is 5.27. The molecule has 0 unspecified atom stereocenters. The van der Waals surface area contributed by atoms with E-state index in [1.807, 2.05) is 4.57 Å². The molecule has 188 valence electrons. The second kappa shape index (κ2) is 9.07. The number of fused-ring (bicyclic) bond motifs is 1. The van der Waals surface area contributed by atoms with Crippen molar-refractivity contribution in [3.63, 3.8) is 0 Å². The lowest BCUT2D eigenvalue weighted by atomic mass is 9.87. The molecule has 1 saturated heterocycles. The summed E-state index contributed by atoms with van der Waals surface area (Å²) in [4.78, 5) is 35.0. The number of thiophene rings is 1. The van der Waals surface area contributed by atoms with Gasteiger partial charge in [-0.1, -0.05) is 0 Å². The standard InChI is InChI=1S/C24H29N3O7S/c1-23(2)10-14(4-5-33-23)18-9-15-8-17(21(29)30)27(20(15)35-18)24(22-25-19(12-28)34-26-22)11-16(24)13-32-7-6-31-3/h8-9,14,16H,4-7,10-11,13H2,1-3H3,(H,25,26)(H,29,30)/t14-,16+,24-/m0/s1. The number of aromatic nitrogens is 1. The van der Waals surface area contributed by atoms with Gasteiger partial charge < -0.3 is 28.7 Å². The van der Waals surface area contributed by atoms with E-state index in [0.29, 0.717) is 44.6 Å². The molecule has 2 aliphatic heterocycles.